The zero-order valence-electron chi connectivity index (χ0n) is 61.0. The molecular formula is C69H110N19O6+7. The number of likely N-dealkylation sites (N-methyl/N-ethyl adjacent to an activating group) is 6. The number of aryl methyl sites for hydroxylation is 6. The first-order valence-corrected chi connectivity index (χ1v) is 32.8. The van der Waals surface area contributed by atoms with Crippen LogP contribution in [0.4, 0.5) is 0 Å². The van der Waals surface area contributed by atoms with E-state index in [2.05, 4.69) is 147 Å². The van der Waals surface area contributed by atoms with Crippen molar-refractivity contribution in [2.75, 3.05) is 172 Å². The van der Waals surface area contributed by atoms with Gasteiger partial charge >= 0.3 is 17.1 Å². The quantitative estimate of drug-likeness (QED) is 0.0762. The Bertz CT molecular complexity index is 4520. The van der Waals surface area contributed by atoms with Crippen LogP contribution in [0.5, 0.6) is 0 Å². The predicted octanol–water partition coefficient (Wildman–Crippen LogP) is 2.65. The zero-order chi connectivity index (χ0) is 70.1. The van der Waals surface area contributed by atoms with Crippen LogP contribution in [-0.4, -0.2) is 256 Å². The van der Waals surface area contributed by atoms with Crippen molar-refractivity contribution in [3.05, 3.63) is 132 Å². The van der Waals surface area contributed by atoms with Crippen LogP contribution >= 0.6 is 0 Å². The fraction of sp³-hybridized carbons (Fsp3) is 0.565. The monoisotopic (exact) mass is 1300 g/mol. The molecule has 0 aromatic heterocycles. The highest BCUT2D eigenvalue weighted by molar-refractivity contribution is 5.83. The van der Waals surface area contributed by atoms with Gasteiger partial charge in [0.2, 0.25) is 0 Å². The van der Waals surface area contributed by atoms with Crippen LogP contribution in [0.1, 0.15) is 46.7 Å². The predicted molar refractivity (Wildman–Crippen MR) is 376 cm³/mol. The van der Waals surface area contributed by atoms with E-state index in [1.165, 1.54) is 9.13 Å². The Morgan fingerprint density at radius 2 is 0.574 bits per heavy atom. The molecule has 0 atom stereocenters. The molecule has 0 unspecified atom stereocenters. The minimum Gasteiger partial charge on any atom is -0.356 e. The van der Waals surface area contributed by atoms with Crippen molar-refractivity contribution >= 4 is 33.1 Å². The average molecular weight is 1300 g/mol. The highest BCUT2D eigenvalue weighted by Crippen LogP contribution is 2.28. The Hall–Kier alpha value is -7.78. The molecule has 510 valence electrons. The topological polar surface area (TPSA) is 237 Å². The smallest absolute Gasteiger partial charge is 0.352 e. The minimum atomic E-state index is -0.535. The van der Waals surface area contributed by atoms with Crippen LogP contribution in [-0.2, 0) is 39.3 Å². The van der Waals surface area contributed by atoms with E-state index in [0.717, 1.165) is 135 Å². The molecule has 25 nitrogen and oxygen atoms in total. The van der Waals surface area contributed by atoms with Crippen molar-refractivity contribution in [3.8, 4) is 34.6 Å². The van der Waals surface area contributed by atoms with E-state index in [4.69, 9.17) is 4.98 Å². The summed E-state index contributed by atoms with van der Waals surface area (Å²) in [7, 11) is 34.0. The maximum atomic E-state index is 13.5. The Balaban J connectivity index is 0.000000201. The second-order valence-electron chi connectivity index (χ2n) is 31.3. The highest BCUT2D eigenvalue weighted by Gasteiger charge is 2.29. The average Bonchev–Trinajstić information content (AvgIpc) is 0.762. The summed E-state index contributed by atoms with van der Waals surface area (Å²) in [5.41, 5.74) is 13.6. The number of quaternary nitrogens is 7. The summed E-state index contributed by atoms with van der Waals surface area (Å²) < 4.78 is 14.2. The van der Waals surface area contributed by atoms with Crippen LogP contribution in [0, 0.1) is 41.5 Å². The second-order valence-corrected chi connectivity index (χ2v) is 31.3. The maximum Gasteiger partial charge on any atom is 0.352 e. The van der Waals surface area contributed by atoms with E-state index in [0.29, 0.717) is 78.8 Å². The van der Waals surface area contributed by atoms with E-state index in [-0.39, 0.29) is 40.3 Å². The van der Waals surface area contributed by atoms with E-state index in [1.807, 2.05) is 95.0 Å². The molecule has 6 aliphatic rings. The molecule has 0 bridgehead atoms. The molecule has 6 aliphatic heterocycles. The van der Waals surface area contributed by atoms with Gasteiger partial charge in [0.15, 0.2) is 34.6 Å². The molecule has 0 saturated carbocycles. The van der Waals surface area contributed by atoms with Crippen LogP contribution in [0.25, 0.3) is 67.7 Å². The first kappa shape index (κ1) is 73.6. The zero-order valence-corrected chi connectivity index (χ0v) is 61.0. The van der Waals surface area contributed by atoms with Crippen LogP contribution in [0.15, 0.2) is 65.2 Å². The highest BCUT2D eigenvalue weighted by atomic mass is 16.2. The number of hydrogen-bond donors (Lipinski definition) is 1. The summed E-state index contributed by atoms with van der Waals surface area (Å²) in [5, 5.41) is 0. The Morgan fingerprint density at radius 3 is 0.851 bits per heavy atom. The van der Waals surface area contributed by atoms with Crippen molar-refractivity contribution in [2.24, 2.45) is 0 Å². The number of benzene rings is 3. The van der Waals surface area contributed by atoms with Gasteiger partial charge < -0.3 is 46.3 Å². The van der Waals surface area contributed by atoms with Gasteiger partial charge in [0.25, 0.3) is 16.7 Å². The molecule has 0 saturated heterocycles. The van der Waals surface area contributed by atoms with Gasteiger partial charge in [0, 0.05) is 0 Å². The molecule has 25 heteroatoms. The molecule has 3 N–H and O–H groups in total. The van der Waals surface area contributed by atoms with Gasteiger partial charge in [-0.1, -0.05) is 6.92 Å². The number of rotatable bonds is 22. The standard InChI is InChI=1S/C26H44N7O2.C22H34N6O2.C21H31N6O2/c1-19-17-21-22(18-20(19)2)29(12-14-33(9,10)16-15-32(6,7)8)24-23(27-21)25(34)30(26(35)28-24)11-13-31(3,4)5;1-15-13-17-18(14-16(15)2)25(9-11-27(3,4)5)20-19(23-17)21(29)26(22(30)24-20)10-12-28(6,7)8;1-6-10-27(4,5)11-9-25-17-13-15(3)14(2)12-16(17)23-18-19(25)24-21(29)26(8-7-22)20(18)28/h17-18H,11-16H2,1-10H3;13-14H,9-12H2,1-8H3;12-13H,6-11,22H2,1-5H3/q+3;+2;+1/p+1. The van der Waals surface area contributed by atoms with Gasteiger partial charge in [-0.2, -0.15) is 15.0 Å². The molecular weight excluding hydrogens is 1190 g/mol. The van der Waals surface area contributed by atoms with Crippen LogP contribution in [0.3, 0.4) is 0 Å². The van der Waals surface area contributed by atoms with Crippen molar-refractivity contribution in [1.29, 1.82) is 0 Å². The molecule has 3 aromatic rings. The normalized spacial score (nSPS) is 12.8. The van der Waals surface area contributed by atoms with Gasteiger partial charge in [0.05, 0.1) is 231 Å². The Morgan fingerprint density at radius 1 is 0.319 bits per heavy atom. The number of fused-ring (bicyclic) bond motifs is 6. The maximum absolute atomic E-state index is 13.5. The van der Waals surface area contributed by atoms with Crippen LogP contribution in [0.2, 0.25) is 0 Å². The van der Waals surface area contributed by atoms with E-state index < -0.39 is 17.1 Å². The van der Waals surface area contributed by atoms with Crippen molar-refractivity contribution in [1.82, 2.24) is 57.3 Å². The lowest BCUT2D eigenvalue weighted by molar-refractivity contribution is -0.937. The summed E-state index contributed by atoms with van der Waals surface area (Å²) >= 11 is 0. The molecule has 0 aliphatic carbocycles. The number of hydrogen-bond acceptors (Lipinski definition) is 12. The molecule has 94 heavy (non-hydrogen) atoms. The summed E-state index contributed by atoms with van der Waals surface area (Å²) in [5.74, 6) is 1.12. The summed E-state index contributed by atoms with van der Waals surface area (Å²) in [6.07, 6.45) is 1.09. The lowest BCUT2D eigenvalue weighted by Gasteiger charge is -2.34. The SMILES string of the molecule is CCC[N+](C)(C)CCn1c2nc(=O)n(CC[NH3+])c(=O)c-2nc2cc(C)c(C)cc21.Cc1cc2nc3c(=O)n(CC[N+](C)(C)C)c(=O)nc-3n(CC[N+](C)(C)C)c2cc1C.Cc1cc2nc3c(=O)n(CC[N+](C)(C)C)c(=O)nc-3n(CC[N+](C)(C)CC[N+](C)(C)C)c2cc1C. The lowest BCUT2D eigenvalue weighted by Crippen LogP contribution is -2.54. The summed E-state index contributed by atoms with van der Waals surface area (Å²) in [4.78, 5) is 105. The van der Waals surface area contributed by atoms with Crippen LogP contribution < -0.4 is 39.5 Å². The van der Waals surface area contributed by atoms with Gasteiger partial charge in [-0.3, -0.25) is 28.1 Å². The third-order valence-corrected chi connectivity index (χ3v) is 17.8. The fourth-order valence-electron chi connectivity index (χ4n) is 11.1. The molecule has 6 heterocycles. The Labute approximate surface area is 553 Å². The molecule has 0 spiro atoms. The van der Waals surface area contributed by atoms with E-state index in [1.54, 1.807) is 0 Å². The lowest BCUT2D eigenvalue weighted by atomic mass is 10.1. The van der Waals surface area contributed by atoms with Gasteiger partial charge in [-0.25, -0.2) is 29.3 Å². The molecule has 0 fully saturated rings. The van der Waals surface area contributed by atoms with Gasteiger partial charge in [-0.05, 0) is 118 Å². The van der Waals surface area contributed by atoms with Crippen molar-refractivity contribution < 1.29 is 32.6 Å². The van der Waals surface area contributed by atoms with Crippen molar-refractivity contribution in [3.63, 3.8) is 0 Å². The Kier molecular flexibility index (Phi) is 22.1. The molecule has 9 rings (SSSR count). The van der Waals surface area contributed by atoms with E-state index >= 15 is 0 Å². The first-order chi connectivity index (χ1) is 43.4. The number of aromatic nitrogens is 12. The second kappa shape index (κ2) is 28.3. The minimum absolute atomic E-state index is 0.244. The summed E-state index contributed by atoms with van der Waals surface area (Å²) in [6, 6.07) is 12.3. The van der Waals surface area contributed by atoms with Crippen molar-refractivity contribution in [2.45, 2.75) is 94.2 Å². The van der Waals surface area contributed by atoms with Gasteiger partial charge in [-0.15, -0.1) is 0 Å². The third-order valence-electron chi connectivity index (χ3n) is 17.8. The fourth-order valence-corrected chi connectivity index (χ4v) is 11.1. The molecule has 0 radical (unpaired) electrons. The largest absolute Gasteiger partial charge is 0.356 e. The molecule has 0 amide bonds. The molecule has 3 aromatic carbocycles. The van der Waals surface area contributed by atoms with E-state index in [9.17, 15) is 28.8 Å². The summed E-state index contributed by atoms with van der Waals surface area (Å²) in [6.45, 7) is 24.6. The first-order valence-electron chi connectivity index (χ1n) is 32.8. The van der Waals surface area contributed by atoms with Gasteiger partial charge in [0.1, 0.15) is 13.1 Å². The number of nitrogens with zero attached hydrogens (tertiary/aromatic N) is 18. The third kappa shape index (κ3) is 18.0.